The first-order valence-electron chi connectivity index (χ1n) is 5.83. The zero-order chi connectivity index (χ0) is 11.5. The Morgan fingerprint density at radius 3 is 2.60 bits per heavy atom. The Labute approximate surface area is 92.4 Å². The first-order chi connectivity index (χ1) is 6.93. The third-order valence-electron chi connectivity index (χ3n) is 3.08. The molecule has 1 fully saturated rings. The molecule has 0 aromatic rings. The van der Waals surface area contributed by atoms with Gasteiger partial charge in [-0.2, -0.15) is 0 Å². The summed E-state index contributed by atoms with van der Waals surface area (Å²) in [5.41, 5.74) is 0.340. The lowest BCUT2D eigenvalue weighted by Gasteiger charge is -2.39. The lowest BCUT2D eigenvalue weighted by atomic mass is 9.71. The van der Waals surface area contributed by atoms with Crippen molar-refractivity contribution < 1.29 is 14.9 Å². The summed E-state index contributed by atoms with van der Waals surface area (Å²) >= 11 is 0. The van der Waals surface area contributed by atoms with Crippen LogP contribution in [0.4, 0.5) is 0 Å². The van der Waals surface area contributed by atoms with Crippen LogP contribution in [0.2, 0.25) is 0 Å². The highest BCUT2D eigenvalue weighted by molar-refractivity contribution is 4.83. The third-order valence-corrected chi connectivity index (χ3v) is 3.08. The molecule has 15 heavy (non-hydrogen) atoms. The first-order valence-corrected chi connectivity index (χ1v) is 5.83. The van der Waals surface area contributed by atoms with E-state index in [1.807, 2.05) is 0 Å². The van der Waals surface area contributed by atoms with Gasteiger partial charge in [0.05, 0.1) is 19.3 Å². The summed E-state index contributed by atoms with van der Waals surface area (Å²) in [6, 6.07) is 0. The first kappa shape index (κ1) is 12.9. The van der Waals surface area contributed by atoms with Crippen molar-refractivity contribution in [1.29, 1.82) is 0 Å². The van der Waals surface area contributed by atoms with Crippen molar-refractivity contribution in [3.05, 3.63) is 0 Å². The fourth-order valence-electron chi connectivity index (χ4n) is 2.69. The van der Waals surface area contributed by atoms with Gasteiger partial charge in [0, 0.05) is 0 Å². The van der Waals surface area contributed by atoms with Gasteiger partial charge in [-0.15, -0.1) is 0 Å². The molecule has 3 unspecified atom stereocenters. The van der Waals surface area contributed by atoms with Crippen molar-refractivity contribution in [3.8, 4) is 0 Å². The molecule has 3 heteroatoms. The van der Waals surface area contributed by atoms with Crippen LogP contribution in [0.15, 0.2) is 0 Å². The number of aliphatic hydroxyl groups is 2. The maximum atomic E-state index is 9.21. The Morgan fingerprint density at radius 2 is 2.07 bits per heavy atom. The maximum absolute atomic E-state index is 9.21. The van der Waals surface area contributed by atoms with Crippen molar-refractivity contribution in [2.45, 2.75) is 52.2 Å². The molecule has 3 nitrogen and oxygen atoms in total. The van der Waals surface area contributed by atoms with E-state index in [1.54, 1.807) is 0 Å². The van der Waals surface area contributed by atoms with Gasteiger partial charge in [-0.3, -0.25) is 0 Å². The standard InChI is InChI=1S/C12H24O3/c1-9-4-11(6-12(2,3)5-9)15-8-10(14)7-13/h9-11,13-14H,4-8H2,1-3H3. The summed E-state index contributed by atoms with van der Waals surface area (Å²) in [5, 5.41) is 17.9. The number of hydrogen-bond acceptors (Lipinski definition) is 3. The topological polar surface area (TPSA) is 49.7 Å². The summed E-state index contributed by atoms with van der Waals surface area (Å²) in [7, 11) is 0. The molecular formula is C12H24O3. The number of aliphatic hydroxyl groups excluding tert-OH is 2. The average molecular weight is 216 g/mol. The molecule has 90 valence electrons. The van der Waals surface area contributed by atoms with Gasteiger partial charge in [0.1, 0.15) is 6.10 Å². The molecule has 0 saturated heterocycles. The minimum absolute atomic E-state index is 0.217. The summed E-state index contributed by atoms with van der Waals surface area (Å²) in [6.45, 7) is 6.82. The quantitative estimate of drug-likeness (QED) is 0.750. The average Bonchev–Trinajstić information content (AvgIpc) is 2.11. The molecule has 0 aromatic heterocycles. The van der Waals surface area contributed by atoms with Gasteiger partial charge in [0.2, 0.25) is 0 Å². The second-order valence-electron chi connectivity index (χ2n) is 5.71. The highest BCUT2D eigenvalue weighted by atomic mass is 16.5. The Bertz CT molecular complexity index is 191. The van der Waals surface area contributed by atoms with Gasteiger partial charge in [0.15, 0.2) is 0 Å². The smallest absolute Gasteiger partial charge is 0.100 e. The molecule has 0 spiro atoms. The minimum Gasteiger partial charge on any atom is -0.394 e. The molecule has 1 saturated carbocycles. The summed E-state index contributed by atoms with van der Waals surface area (Å²) in [5.74, 6) is 0.685. The van der Waals surface area contributed by atoms with Crippen LogP contribution in [0, 0.1) is 11.3 Å². The molecule has 0 aliphatic heterocycles. The molecular weight excluding hydrogens is 192 g/mol. The van der Waals surface area contributed by atoms with E-state index in [1.165, 1.54) is 6.42 Å². The van der Waals surface area contributed by atoms with E-state index in [4.69, 9.17) is 9.84 Å². The Balaban J connectivity index is 2.35. The van der Waals surface area contributed by atoms with Crippen LogP contribution in [0.5, 0.6) is 0 Å². The van der Waals surface area contributed by atoms with E-state index >= 15 is 0 Å². The number of rotatable bonds is 4. The molecule has 0 heterocycles. The molecule has 1 aliphatic carbocycles. The molecule has 1 aliphatic rings. The fraction of sp³-hybridized carbons (Fsp3) is 1.00. The zero-order valence-electron chi connectivity index (χ0n) is 10.1. The monoisotopic (exact) mass is 216 g/mol. The Kier molecular flexibility index (Phi) is 4.56. The van der Waals surface area contributed by atoms with E-state index < -0.39 is 6.10 Å². The molecule has 1 rings (SSSR count). The van der Waals surface area contributed by atoms with Crippen molar-refractivity contribution in [1.82, 2.24) is 0 Å². The molecule has 0 bridgehead atoms. The highest BCUT2D eigenvalue weighted by Gasteiger charge is 2.32. The summed E-state index contributed by atoms with van der Waals surface area (Å²) in [4.78, 5) is 0. The van der Waals surface area contributed by atoms with Gasteiger partial charge < -0.3 is 14.9 Å². The van der Waals surface area contributed by atoms with Crippen LogP contribution in [-0.4, -0.2) is 35.6 Å². The van der Waals surface area contributed by atoms with Gasteiger partial charge in [-0.1, -0.05) is 20.8 Å². The lowest BCUT2D eigenvalue weighted by Crippen LogP contribution is -2.34. The second kappa shape index (κ2) is 5.28. The van der Waals surface area contributed by atoms with Crippen molar-refractivity contribution >= 4 is 0 Å². The van der Waals surface area contributed by atoms with Crippen LogP contribution >= 0.6 is 0 Å². The van der Waals surface area contributed by atoms with E-state index in [-0.39, 0.29) is 19.3 Å². The van der Waals surface area contributed by atoms with Crippen LogP contribution < -0.4 is 0 Å². The van der Waals surface area contributed by atoms with Crippen LogP contribution in [-0.2, 0) is 4.74 Å². The van der Waals surface area contributed by atoms with Crippen molar-refractivity contribution in [2.24, 2.45) is 11.3 Å². The SMILES string of the molecule is CC1CC(OCC(O)CO)CC(C)(C)C1. The predicted octanol–water partition coefficient (Wildman–Crippen LogP) is 1.57. The van der Waals surface area contributed by atoms with Crippen molar-refractivity contribution in [2.75, 3.05) is 13.2 Å². The lowest BCUT2D eigenvalue weighted by molar-refractivity contribution is -0.0656. The molecule has 0 amide bonds. The highest BCUT2D eigenvalue weighted by Crippen LogP contribution is 2.39. The van der Waals surface area contributed by atoms with E-state index in [0.717, 1.165) is 12.8 Å². The van der Waals surface area contributed by atoms with Crippen LogP contribution in [0.25, 0.3) is 0 Å². The van der Waals surface area contributed by atoms with Gasteiger partial charge >= 0.3 is 0 Å². The molecule has 0 radical (unpaired) electrons. The molecule has 2 N–H and O–H groups in total. The predicted molar refractivity (Wildman–Crippen MR) is 59.6 cm³/mol. The Morgan fingerprint density at radius 1 is 1.40 bits per heavy atom. The minimum atomic E-state index is -0.731. The fourth-order valence-corrected chi connectivity index (χ4v) is 2.69. The van der Waals surface area contributed by atoms with Crippen LogP contribution in [0.3, 0.4) is 0 Å². The van der Waals surface area contributed by atoms with Gasteiger partial charge in [0.25, 0.3) is 0 Å². The Hall–Kier alpha value is -0.120. The van der Waals surface area contributed by atoms with Crippen molar-refractivity contribution in [3.63, 3.8) is 0 Å². The maximum Gasteiger partial charge on any atom is 0.100 e. The normalized spacial score (nSPS) is 32.6. The van der Waals surface area contributed by atoms with Gasteiger partial charge in [-0.25, -0.2) is 0 Å². The third kappa shape index (κ3) is 4.49. The zero-order valence-corrected chi connectivity index (χ0v) is 10.1. The van der Waals surface area contributed by atoms with E-state index in [0.29, 0.717) is 11.3 Å². The van der Waals surface area contributed by atoms with E-state index in [9.17, 15) is 5.11 Å². The second-order valence-corrected chi connectivity index (χ2v) is 5.71. The van der Waals surface area contributed by atoms with Crippen LogP contribution in [0.1, 0.15) is 40.0 Å². The largest absolute Gasteiger partial charge is 0.394 e. The summed E-state index contributed by atoms with van der Waals surface area (Å²) in [6.07, 6.45) is 2.88. The molecule has 3 atom stereocenters. The summed E-state index contributed by atoms with van der Waals surface area (Å²) < 4.78 is 5.63. The number of hydrogen-bond donors (Lipinski definition) is 2. The number of ether oxygens (including phenoxy) is 1. The molecule has 0 aromatic carbocycles. The van der Waals surface area contributed by atoms with Gasteiger partial charge in [-0.05, 0) is 30.6 Å². The van der Waals surface area contributed by atoms with E-state index in [2.05, 4.69) is 20.8 Å².